The van der Waals surface area contributed by atoms with E-state index in [1.165, 1.54) is 6.92 Å². The van der Waals surface area contributed by atoms with Crippen LogP contribution < -0.4 is 0 Å². The average molecular weight is 476 g/mol. The minimum atomic E-state index is -1.86. The number of hydrogen-bond donors (Lipinski definition) is 1. The first-order valence-corrected chi connectivity index (χ1v) is 10.2. The van der Waals surface area contributed by atoms with Crippen LogP contribution in [0.4, 0.5) is 0 Å². The second-order valence-electron chi connectivity index (χ2n) is 7.68. The SMILES string of the molecule is COC(=O)[C@H]1[C@H](c2ccc(Br)cc2)[C@H]([N+](=O)[O-])[C@H](c2ccccc2)[C@@H](C=O)[C@@]1(C)O. The monoisotopic (exact) mass is 475 g/mol. The molecule has 0 aromatic heterocycles. The minimum absolute atomic E-state index is 0.452. The predicted molar refractivity (Wildman–Crippen MR) is 113 cm³/mol. The molecular weight excluding hydrogens is 454 g/mol. The molecule has 30 heavy (non-hydrogen) atoms. The molecular formula is C22H22BrNO6. The van der Waals surface area contributed by atoms with Crippen molar-refractivity contribution in [1.82, 2.24) is 0 Å². The zero-order valence-electron chi connectivity index (χ0n) is 16.5. The molecule has 0 unspecified atom stereocenters. The summed E-state index contributed by atoms with van der Waals surface area (Å²) in [7, 11) is 1.16. The average Bonchev–Trinajstić information content (AvgIpc) is 2.72. The molecule has 0 aliphatic heterocycles. The summed E-state index contributed by atoms with van der Waals surface area (Å²) < 4.78 is 5.69. The Balaban J connectivity index is 2.30. The van der Waals surface area contributed by atoms with Crippen molar-refractivity contribution >= 4 is 28.2 Å². The van der Waals surface area contributed by atoms with Crippen LogP contribution in [0.25, 0.3) is 0 Å². The van der Waals surface area contributed by atoms with E-state index in [-0.39, 0.29) is 0 Å². The van der Waals surface area contributed by atoms with E-state index in [1.807, 2.05) is 0 Å². The lowest BCUT2D eigenvalue weighted by Crippen LogP contribution is -2.61. The molecule has 0 radical (unpaired) electrons. The molecule has 0 amide bonds. The number of esters is 1. The van der Waals surface area contributed by atoms with Gasteiger partial charge in [0.2, 0.25) is 6.04 Å². The predicted octanol–water partition coefficient (Wildman–Crippen LogP) is 3.33. The van der Waals surface area contributed by atoms with Gasteiger partial charge in [0.25, 0.3) is 0 Å². The first kappa shape index (κ1) is 22.1. The van der Waals surface area contributed by atoms with Gasteiger partial charge in [0.15, 0.2) is 0 Å². The maximum Gasteiger partial charge on any atom is 0.312 e. The normalized spacial score (nSPS) is 31.0. The van der Waals surface area contributed by atoms with Crippen molar-refractivity contribution < 1.29 is 24.4 Å². The van der Waals surface area contributed by atoms with Gasteiger partial charge in [-0.1, -0.05) is 58.4 Å². The van der Waals surface area contributed by atoms with Crippen molar-refractivity contribution in [2.24, 2.45) is 11.8 Å². The third kappa shape index (κ3) is 3.77. The first-order valence-electron chi connectivity index (χ1n) is 9.43. The van der Waals surface area contributed by atoms with E-state index < -0.39 is 46.2 Å². The number of carbonyl (C=O) groups is 2. The number of hydrogen-bond acceptors (Lipinski definition) is 6. The summed E-state index contributed by atoms with van der Waals surface area (Å²) in [4.78, 5) is 36.8. The van der Waals surface area contributed by atoms with E-state index in [9.17, 15) is 24.8 Å². The van der Waals surface area contributed by atoms with Crippen LogP contribution in [0.5, 0.6) is 0 Å². The number of halogens is 1. The number of aldehydes is 1. The molecule has 6 atom stereocenters. The Bertz CT molecular complexity index is 930. The van der Waals surface area contributed by atoms with Crippen LogP contribution in [-0.2, 0) is 14.3 Å². The van der Waals surface area contributed by atoms with Gasteiger partial charge in [0, 0.05) is 9.40 Å². The van der Waals surface area contributed by atoms with E-state index in [2.05, 4.69) is 15.9 Å². The van der Waals surface area contributed by atoms with Crippen molar-refractivity contribution in [2.75, 3.05) is 7.11 Å². The van der Waals surface area contributed by atoms with Crippen molar-refractivity contribution in [1.29, 1.82) is 0 Å². The van der Waals surface area contributed by atoms with Crippen molar-refractivity contribution in [2.45, 2.75) is 30.4 Å². The van der Waals surface area contributed by atoms with Gasteiger partial charge in [-0.15, -0.1) is 0 Å². The highest BCUT2D eigenvalue weighted by Crippen LogP contribution is 2.53. The molecule has 1 aliphatic carbocycles. The number of benzene rings is 2. The molecule has 1 aliphatic rings. The van der Waals surface area contributed by atoms with E-state index in [0.717, 1.165) is 11.6 Å². The third-order valence-electron chi connectivity index (χ3n) is 6.07. The maximum absolute atomic E-state index is 12.8. The zero-order chi connectivity index (χ0) is 22.1. The largest absolute Gasteiger partial charge is 0.469 e. The summed E-state index contributed by atoms with van der Waals surface area (Å²) in [6, 6.07) is 14.1. The minimum Gasteiger partial charge on any atom is -0.469 e. The number of nitro groups is 1. The smallest absolute Gasteiger partial charge is 0.312 e. The fourth-order valence-corrected chi connectivity index (χ4v) is 4.98. The van der Waals surface area contributed by atoms with Crippen LogP contribution in [0, 0.1) is 22.0 Å². The summed E-state index contributed by atoms with van der Waals surface area (Å²) in [5, 5.41) is 23.8. The number of rotatable bonds is 5. The number of aliphatic hydroxyl groups is 1. The van der Waals surface area contributed by atoms with Crippen molar-refractivity contribution in [3.63, 3.8) is 0 Å². The zero-order valence-corrected chi connectivity index (χ0v) is 18.1. The summed E-state index contributed by atoms with van der Waals surface area (Å²) in [5.74, 6) is -5.20. The number of methoxy groups -OCH3 is 1. The molecule has 0 heterocycles. The van der Waals surface area contributed by atoms with Gasteiger partial charge in [0.1, 0.15) is 6.29 Å². The molecule has 8 heteroatoms. The van der Waals surface area contributed by atoms with Crippen LogP contribution in [0.2, 0.25) is 0 Å². The third-order valence-corrected chi connectivity index (χ3v) is 6.60. The number of nitrogens with zero attached hydrogens (tertiary/aromatic N) is 1. The molecule has 0 saturated heterocycles. The topological polar surface area (TPSA) is 107 Å². The molecule has 3 rings (SSSR count). The summed E-state index contributed by atoms with van der Waals surface area (Å²) in [6.45, 7) is 1.38. The second-order valence-corrected chi connectivity index (χ2v) is 8.59. The Kier molecular flexibility index (Phi) is 6.38. The van der Waals surface area contributed by atoms with E-state index in [0.29, 0.717) is 17.4 Å². The number of carbonyl (C=O) groups excluding carboxylic acids is 2. The van der Waals surface area contributed by atoms with Crippen LogP contribution in [0.15, 0.2) is 59.1 Å². The number of ether oxygens (including phenoxy) is 1. The van der Waals surface area contributed by atoms with Gasteiger partial charge in [-0.05, 0) is 30.2 Å². The van der Waals surface area contributed by atoms with E-state index >= 15 is 0 Å². The fraction of sp³-hybridized carbons (Fsp3) is 0.364. The highest BCUT2D eigenvalue weighted by Gasteiger charge is 2.64. The standard InChI is InChI=1S/C22H22BrNO6/c1-22(27)16(12-25)17(13-6-4-3-5-7-13)20(24(28)29)18(19(22)21(26)30-2)14-8-10-15(23)11-9-14/h3-12,16-20,27H,1-2H3/t16-,17-,18+,19-,20-,22-/m1/s1. The van der Waals surface area contributed by atoms with Crippen LogP contribution in [-0.4, -0.2) is 41.0 Å². The van der Waals surface area contributed by atoms with Crippen LogP contribution in [0.1, 0.15) is 29.9 Å². The van der Waals surface area contributed by atoms with Crippen molar-refractivity contribution in [3.05, 3.63) is 80.3 Å². The Hall–Kier alpha value is -2.58. The molecule has 1 fully saturated rings. The van der Waals surface area contributed by atoms with Gasteiger partial charge in [-0.3, -0.25) is 14.9 Å². The van der Waals surface area contributed by atoms with Gasteiger partial charge in [-0.25, -0.2) is 0 Å². The molecule has 7 nitrogen and oxygen atoms in total. The highest BCUT2D eigenvalue weighted by atomic mass is 79.9. The Morgan fingerprint density at radius 3 is 2.20 bits per heavy atom. The molecule has 1 saturated carbocycles. The Labute approximate surface area is 182 Å². The molecule has 0 spiro atoms. The van der Waals surface area contributed by atoms with Gasteiger partial charge in [0.05, 0.1) is 36.4 Å². The second kappa shape index (κ2) is 8.65. The first-order chi connectivity index (χ1) is 14.2. The van der Waals surface area contributed by atoms with Gasteiger partial charge in [-0.2, -0.15) is 0 Å². The lowest BCUT2D eigenvalue weighted by molar-refractivity contribution is -0.539. The molecule has 158 valence electrons. The quantitative estimate of drug-likeness (QED) is 0.307. The fourth-order valence-electron chi connectivity index (χ4n) is 4.72. The molecule has 1 N–H and O–H groups in total. The molecule has 2 aromatic rings. The van der Waals surface area contributed by atoms with Crippen LogP contribution in [0.3, 0.4) is 0 Å². The highest BCUT2D eigenvalue weighted by molar-refractivity contribution is 9.10. The Morgan fingerprint density at radius 2 is 1.70 bits per heavy atom. The molecule has 0 bridgehead atoms. The maximum atomic E-state index is 12.8. The lowest BCUT2D eigenvalue weighted by atomic mass is 9.55. The molecule has 2 aromatic carbocycles. The van der Waals surface area contributed by atoms with E-state index in [4.69, 9.17) is 4.74 Å². The lowest BCUT2D eigenvalue weighted by Gasteiger charge is -2.49. The summed E-state index contributed by atoms with van der Waals surface area (Å²) >= 11 is 3.34. The van der Waals surface area contributed by atoms with Crippen molar-refractivity contribution in [3.8, 4) is 0 Å². The summed E-state index contributed by atoms with van der Waals surface area (Å²) in [6.07, 6.45) is 0.516. The Morgan fingerprint density at radius 1 is 1.13 bits per heavy atom. The summed E-state index contributed by atoms with van der Waals surface area (Å²) in [5.41, 5.74) is -0.789. The van der Waals surface area contributed by atoms with E-state index in [1.54, 1.807) is 54.6 Å². The van der Waals surface area contributed by atoms with Gasteiger partial charge < -0.3 is 14.6 Å². The van der Waals surface area contributed by atoms with Gasteiger partial charge >= 0.3 is 5.97 Å². The van der Waals surface area contributed by atoms with Crippen LogP contribution >= 0.6 is 15.9 Å².